The molecule has 1 N–H and O–H groups in total. The van der Waals surface area contributed by atoms with E-state index in [9.17, 15) is 0 Å². The first kappa shape index (κ1) is 14.6. The molecule has 1 atom stereocenters. The van der Waals surface area contributed by atoms with Crippen molar-refractivity contribution >= 4 is 0 Å². The van der Waals surface area contributed by atoms with Gasteiger partial charge in [0.1, 0.15) is 13.2 Å². The zero-order chi connectivity index (χ0) is 15.8. The second-order valence-corrected chi connectivity index (χ2v) is 6.65. The molecule has 1 unspecified atom stereocenters. The van der Waals surface area contributed by atoms with Gasteiger partial charge in [0.15, 0.2) is 11.5 Å². The highest BCUT2D eigenvalue weighted by molar-refractivity contribution is 5.52. The van der Waals surface area contributed by atoms with Crippen molar-refractivity contribution in [2.24, 2.45) is 0 Å². The van der Waals surface area contributed by atoms with Gasteiger partial charge in [0, 0.05) is 6.54 Å². The second kappa shape index (κ2) is 5.89. The third kappa shape index (κ3) is 2.70. The molecule has 0 saturated heterocycles. The Hall–Kier alpha value is -2.00. The lowest BCUT2D eigenvalue weighted by Gasteiger charge is -2.30. The van der Waals surface area contributed by atoms with E-state index in [-0.39, 0.29) is 6.04 Å². The molecule has 2 aromatic rings. The van der Waals surface area contributed by atoms with Crippen molar-refractivity contribution in [3.63, 3.8) is 0 Å². The van der Waals surface area contributed by atoms with E-state index in [0.717, 1.165) is 24.5 Å². The number of hydrogen-bond donors (Lipinski definition) is 1. The van der Waals surface area contributed by atoms with E-state index in [1.807, 2.05) is 0 Å². The van der Waals surface area contributed by atoms with Gasteiger partial charge in [-0.2, -0.15) is 0 Å². The fourth-order valence-electron chi connectivity index (χ4n) is 3.46. The summed E-state index contributed by atoms with van der Waals surface area (Å²) >= 11 is 0. The zero-order valence-electron chi connectivity index (χ0n) is 13.8. The molecule has 0 saturated carbocycles. The number of fused-ring (bicyclic) bond motifs is 2. The lowest BCUT2D eigenvalue weighted by Crippen LogP contribution is -2.31. The van der Waals surface area contributed by atoms with Crippen molar-refractivity contribution in [2.75, 3.05) is 19.8 Å². The first-order valence-electron chi connectivity index (χ1n) is 8.48. The Balaban J connectivity index is 1.72. The Bertz CT molecular complexity index is 706. The molecule has 120 valence electrons. The molecule has 3 heteroatoms. The summed E-state index contributed by atoms with van der Waals surface area (Å²) in [4.78, 5) is 0. The third-order valence-electron chi connectivity index (χ3n) is 4.79. The fourth-order valence-corrected chi connectivity index (χ4v) is 3.46. The van der Waals surface area contributed by atoms with Crippen molar-refractivity contribution in [3.05, 3.63) is 58.7 Å². The maximum absolute atomic E-state index is 5.77. The third-order valence-corrected chi connectivity index (χ3v) is 4.79. The summed E-state index contributed by atoms with van der Waals surface area (Å²) in [6.45, 7) is 6.72. The van der Waals surface area contributed by atoms with Crippen LogP contribution in [0, 0.1) is 0 Å². The maximum atomic E-state index is 5.77. The Labute approximate surface area is 137 Å². The summed E-state index contributed by atoms with van der Waals surface area (Å²) in [6, 6.07) is 13.5. The van der Waals surface area contributed by atoms with Crippen LogP contribution < -0.4 is 14.8 Å². The van der Waals surface area contributed by atoms with E-state index >= 15 is 0 Å². The van der Waals surface area contributed by atoms with E-state index in [0.29, 0.717) is 19.1 Å². The lowest BCUT2D eigenvalue weighted by molar-refractivity contribution is 0.171. The second-order valence-electron chi connectivity index (χ2n) is 6.65. The van der Waals surface area contributed by atoms with Crippen LogP contribution in [0.25, 0.3) is 0 Å². The van der Waals surface area contributed by atoms with Gasteiger partial charge in [-0.05, 0) is 46.7 Å². The summed E-state index contributed by atoms with van der Waals surface area (Å²) in [5.74, 6) is 2.33. The molecule has 0 radical (unpaired) electrons. The van der Waals surface area contributed by atoms with Gasteiger partial charge >= 0.3 is 0 Å². The zero-order valence-corrected chi connectivity index (χ0v) is 13.8. The van der Waals surface area contributed by atoms with Gasteiger partial charge in [-0.1, -0.05) is 38.1 Å². The van der Waals surface area contributed by atoms with Crippen LogP contribution in [0.5, 0.6) is 11.5 Å². The summed E-state index contributed by atoms with van der Waals surface area (Å²) in [5, 5.41) is 3.65. The topological polar surface area (TPSA) is 30.5 Å². The largest absolute Gasteiger partial charge is 0.486 e. The smallest absolute Gasteiger partial charge is 0.161 e. The van der Waals surface area contributed by atoms with Gasteiger partial charge in [0.05, 0.1) is 6.04 Å². The molecular formula is C20H23NO2. The minimum Gasteiger partial charge on any atom is -0.486 e. The van der Waals surface area contributed by atoms with E-state index < -0.39 is 0 Å². The van der Waals surface area contributed by atoms with Crippen molar-refractivity contribution in [3.8, 4) is 11.5 Å². The highest BCUT2D eigenvalue weighted by atomic mass is 16.6. The number of nitrogens with one attached hydrogen (secondary N) is 1. The molecule has 0 amide bonds. The standard InChI is InChI=1S/C20H23NO2/c1-13(2)14-3-5-15(6-4-14)20-17-12-19-18(22-9-10-23-19)11-16(17)7-8-21-20/h3-6,11-13,20-21H,7-10H2,1-2H3. The van der Waals surface area contributed by atoms with Gasteiger partial charge in [-0.15, -0.1) is 0 Å². The minimum absolute atomic E-state index is 0.232. The van der Waals surface area contributed by atoms with Gasteiger partial charge in [-0.25, -0.2) is 0 Å². The molecule has 0 fully saturated rings. The summed E-state index contributed by atoms with van der Waals surface area (Å²) in [7, 11) is 0. The van der Waals surface area contributed by atoms with E-state index in [4.69, 9.17) is 9.47 Å². The summed E-state index contributed by atoms with van der Waals surface area (Å²) < 4.78 is 11.5. The summed E-state index contributed by atoms with van der Waals surface area (Å²) in [6.07, 6.45) is 1.03. The Kier molecular flexibility index (Phi) is 3.74. The Morgan fingerprint density at radius 2 is 1.70 bits per heavy atom. The van der Waals surface area contributed by atoms with Crippen LogP contribution in [0.1, 0.15) is 48.1 Å². The van der Waals surface area contributed by atoms with Crippen LogP contribution in [-0.2, 0) is 6.42 Å². The Morgan fingerprint density at radius 3 is 2.39 bits per heavy atom. The van der Waals surface area contributed by atoms with Crippen LogP contribution in [0.4, 0.5) is 0 Å². The van der Waals surface area contributed by atoms with Gasteiger partial charge in [0.25, 0.3) is 0 Å². The number of hydrogen-bond acceptors (Lipinski definition) is 3. The van der Waals surface area contributed by atoms with Crippen LogP contribution in [0.15, 0.2) is 36.4 Å². The molecular weight excluding hydrogens is 286 g/mol. The van der Waals surface area contributed by atoms with Crippen LogP contribution in [0.3, 0.4) is 0 Å². The van der Waals surface area contributed by atoms with Crippen molar-refractivity contribution in [2.45, 2.75) is 32.2 Å². The highest BCUT2D eigenvalue weighted by Crippen LogP contribution is 2.39. The monoisotopic (exact) mass is 309 g/mol. The SMILES string of the molecule is CC(C)c1ccc(C2NCCc3cc4c(cc32)OCCO4)cc1. The average molecular weight is 309 g/mol. The van der Waals surface area contributed by atoms with Crippen LogP contribution in [-0.4, -0.2) is 19.8 Å². The molecule has 2 aromatic carbocycles. The van der Waals surface area contributed by atoms with Crippen molar-refractivity contribution < 1.29 is 9.47 Å². The highest BCUT2D eigenvalue weighted by Gasteiger charge is 2.25. The van der Waals surface area contributed by atoms with E-state index in [1.165, 1.54) is 22.3 Å². The van der Waals surface area contributed by atoms with E-state index in [2.05, 4.69) is 55.6 Å². The predicted molar refractivity (Wildman–Crippen MR) is 91.5 cm³/mol. The van der Waals surface area contributed by atoms with Crippen molar-refractivity contribution in [1.82, 2.24) is 5.32 Å². The van der Waals surface area contributed by atoms with Crippen LogP contribution >= 0.6 is 0 Å². The molecule has 2 heterocycles. The average Bonchev–Trinajstić information content (AvgIpc) is 2.59. The minimum atomic E-state index is 0.232. The molecule has 0 aromatic heterocycles. The normalized spacial score (nSPS) is 19.5. The number of ether oxygens (including phenoxy) is 2. The van der Waals surface area contributed by atoms with Gasteiger partial charge in [-0.3, -0.25) is 0 Å². The lowest BCUT2D eigenvalue weighted by atomic mass is 9.88. The molecule has 0 spiro atoms. The van der Waals surface area contributed by atoms with Crippen molar-refractivity contribution in [1.29, 1.82) is 0 Å². The first-order chi connectivity index (χ1) is 11.2. The summed E-state index contributed by atoms with van der Waals surface area (Å²) in [5.41, 5.74) is 5.38. The molecule has 4 rings (SSSR count). The van der Waals surface area contributed by atoms with E-state index in [1.54, 1.807) is 0 Å². The van der Waals surface area contributed by atoms with Gasteiger partial charge < -0.3 is 14.8 Å². The molecule has 2 aliphatic heterocycles. The fraction of sp³-hybridized carbons (Fsp3) is 0.400. The number of benzene rings is 2. The predicted octanol–water partition coefficient (Wildman–Crippen LogP) is 3.82. The maximum Gasteiger partial charge on any atom is 0.161 e. The van der Waals surface area contributed by atoms with Crippen LogP contribution in [0.2, 0.25) is 0 Å². The quantitative estimate of drug-likeness (QED) is 0.915. The Morgan fingerprint density at radius 1 is 1.00 bits per heavy atom. The molecule has 0 aliphatic carbocycles. The molecule has 2 aliphatic rings. The first-order valence-corrected chi connectivity index (χ1v) is 8.48. The molecule has 0 bridgehead atoms. The molecule has 23 heavy (non-hydrogen) atoms. The molecule has 3 nitrogen and oxygen atoms in total. The van der Waals surface area contributed by atoms with Gasteiger partial charge in [0.2, 0.25) is 0 Å². The number of rotatable bonds is 2.